The maximum Gasteiger partial charge on any atom is 0.161 e. The number of nitrogens with zero attached hydrogens (tertiary/aromatic N) is 2. The van der Waals surface area contributed by atoms with Crippen LogP contribution < -0.4 is 14.9 Å². The quantitative estimate of drug-likeness (QED) is 0.372. The van der Waals surface area contributed by atoms with Crippen LogP contribution in [0.1, 0.15) is 18.1 Å². The molecule has 0 aliphatic rings. The zero-order chi connectivity index (χ0) is 19.8. The van der Waals surface area contributed by atoms with E-state index in [1.165, 1.54) is 0 Å². The highest BCUT2D eigenvalue weighted by Gasteiger charge is 2.07. The minimum absolute atomic E-state index is 0.353. The monoisotopic (exact) mass is 415 g/mol. The first-order chi connectivity index (χ1) is 13.7. The van der Waals surface area contributed by atoms with Crippen LogP contribution >= 0.6 is 23.2 Å². The van der Waals surface area contributed by atoms with Gasteiger partial charge in [-0.3, -0.25) is 5.43 Å². The van der Waals surface area contributed by atoms with Gasteiger partial charge in [0.1, 0.15) is 12.4 Å². The maximum atomic E-state index is 6.05. The average Bonchev–Trinajstić information content (AvgIpc) is 2.71. The summed E-state index contributed by atoms with van der Waals surface area (Å²) in [7, 11) is 0. The van der Waals surface area contributed by atoms with Gasteiger partial charge in [-0.1, -0.05) is 35.3 Å². The Morgan fingerprint density at radius 2 is 1.89 bits per heavy atom. The molecule has 0 unspecified atom stereocenters. The Morgan fingerprint density at radius 1 is 1.00 bits per heavy atom. The number of hydrazone groups is 1. The summed E-state index contributed by atoms with van der Waals surface area (Å²) in [6.07, 6.45) is 3.39. The van der Waals surface area contributed by atoms with Crippen LogP contribution in [0.2, 0.25) is 10.0 Å². The molecule has 2 aromatic carbocycles. The van der Waals surface area contributed by atoms with E-state index in [2.05, 4.69) is 15.5 Å². The molecule has 3 rings (SSSR count). The fourth-order valence-corrected chi connectivity index (χ4v) is 2.71. The number of anilines is 1. The van der Waals surface area contributed by atoms with Crippen LogP contribution in [0.25, 0.3) is 0 Å². The molecule has 0 bridgehead atoms. The van der Waals surface area contributed by atoms with Crippen molar-refractivity contribution in [3.05, 3.63) is 82.0 Å². The lowest BCUT2D eigenvalue weighted by atomic mass is 10.2. The third-order valence-corrected chi connectivity index (χ3v) is 4.44. The Hall–Kier alpha value is -2.76. The minimum atomic E-state index is 0.353. The molecular weight excluding hydrogens is 397 g/mol. The molecule has 0 aliphatic carbocycles. The smallest absolute Gasteiger partial charge is 0.161 e. The normalized spacial score (nSPS) is 10.8. The number of halogens is 2. The average molecular weight is 416 g/mol. The molecule has 0 atom stereocenters. The van der Waals surface area contributed by atoms with Crippen LogP contribution in [-0.2, 0) is 6.61 Å². The molecule has 1 aromatic heterocycles. The highest BCUT2D eigenvalue weighted by molar-refractivity contribution is 6.42. The summed E-state index contributed by atoms with van der Waals surface area (Å²) in [5.74, 6) is 1.96. The van der Waals surface area contributed by atoms with E-state index in [-0.39, 0.29) is 0 Å². The Kier molecular flexibility index (Phi) is 7.12. The van der Waals surface area contributed by atoms with E-state index in [0.29, 0.717) is 40.6 Å². The summed E-state index contributed by atoms with van der Waals surface area (Å²) in [6.45, 7) is 2.80. The van der Waals surface area contributed by atoms with Crippen LogP contribution in [-0.4, -0.2) is 17.8 Å². The van der Waals surface area contributed by atoms with Gasteiger partial charge >= 0.3 is 0 Å². The van der Waals surface area contributed by atoms with E-state index in [0.717, 1.165) is 11.1 Å². The molecule has 5 nitrogen and oxygen atoms in total. The molecule has 28 heavy (non-hydrogen) atoms. The van der Waals surface area contributed by atoms with Gasteiger partial charge in [-0.25, -0.2) is 4.98 Å². The maximum absolute atomic E-state index is 6.05. The second-order valence-electron chi connectivity index (χ2n) is 5.76. The molecular formula is C21H19Cl2N3O2. The molecule has 0 spiro atoms. The molecule has 3 aromatic rings. The van der Waals surface area contributed by atoms with Gasteiger partial charge in [-0.15, -0.1) is 0 Å². The fourth-order valence-electron chi connectivity index (χ4n) is 2.38. The largest absolute Gasteiger partial charge is 0.490 e. The first-order valence-corrected chi connectivity index (χ1v) is 9.45. The number of rotatable bonds is 8. The van der Waals surface area contributed by atoms with Crippen molar-refractivity contribution in [3.8, 4) is 11.5 Å². The van der Waals surface area contributed by atoms with E-state index in [9.17, 15) is 0 Å². The zero-order valence-electron chi connectivity index (χ0n) is 15.2. The highest BCUT2D eigenvalue weighted by Crippen LogP contribution is 2.30. The van der Waals surface area contributed by atoms with Crippen LogP contribution in [0.15, 0.2) is 65.9 Å². The number of ether oxygens (including phenoxy) is 2. The van der Waals surface area contributed by atoms with E-state index in [4.69, 9.17) is 32.7 Å². The summed E-state index contributed by atoms with van der Waals surface area (Å²) >= 11 is 12.0. The third-order valence-electron chi connectivity index (χ3n) is 3.70. The van der Waals surface area contributed by atoms with Gasteiger partial charge in [0.15, 0.2) is 11.5 Å². The lowest BCUT2D eigenvalue weighted by Crippen LogP contribution is -2.01. The molecule has 7 heteroatoms. The van der Waals surface area contributed by atoms with Crippen LogP contribution in [0.3, 0.4) is 0 Å². The number of aromatic nitrogens is 1. The molecule has 1 N–H and O–H groups in total. The van der Waals surface area contributed by atoms with Crippen molar-refractivity contribution in [1.29, 1.82) is 0 Å². The zero-order valence-corrected chi connectivity index (χ0v) is 16.7. The van der Waals surface area contributed by atoms with Gasteiger partial charge in [0, 0.05) is 6.20 Å². The van der Waals surface area contributed by atoms with Crippen molar-refractivity contribution in [2.75, 3.05) is 12.0 Å². The van der Waals surface area contributed by atoms with Crippen LogP contribution in [0.5, 0.6) is 11.5 Å². The Bertz CT molecular complexity index is 950. The topological polar surface area (TPSA) is 55.7 Å². The van der Waals surface area contributed by atoms with Crippen molar-refractivity contribution in [2.45, 2.75) is 13.5 Å². The number of hydrogen-bond acceptors (Lipinski definition) is 5. The van der Waals surface area contributed by atoms with Crippen LogP contribution in [0.4, 0.5) is 5.82 Å². The predicted octanol–water partition coefficient (Wildman–Crippen LogP) is 5.81. The summed E-state index contributed by atoms with van der Waals surface area (Å²) in [5.41, 5.74) is 4.67. The molecule has 0 aliphatic heterocycles. The standard InChI is InChI=1S/C21H19Cl2N3O2/c1-2-27-20-12-15(13-25-26-21-5-3-4-10-24-21)7-9-19(20)28-14-16-6-8-17(22)18(23)11-16/h3-13H,2,14H2,1H3,(H,24,26)/b25-13+. The van der Waals surface area contributed by atoms with Gasteiger partial charge < -0.3 is 9.47 Å². The van der Waals surface area contributed by atoms with Gasteiger partial charge in [-0.05, 0) is 60.5 Å². The summed E-state index contributed by atoms with van der Waals surface area (Å²) in [4.78, 5) is 4.15. The first kappa shape index (κ1) is 20.0. The Morgan fingerprint density at radius 3 is 2.64 bits per heavy atom. The first-order valence-electron chi connectivity index (χ1n) is 8.69. The fraction of sp³-hybridized carbons (Fsp3) is 0.143. The van der Waals surface area contributed by atoms with E-state index in [1.54, 1.807) is 24.5 Å². The number of pyridine rings is 1. The molecule has 0 saturated heterocycles. The van der Waals surface area contributed by atoms with Crippen molar-refractivity contribution < 1.29 is 9.47 Å². The minimum Gasteiger partial charge on any atom is -0.490 e. The lowest BCUT2D eigenvalue weighted by Gasteiger charge is -2.13. The van der Waals surface area contributed by atoms with Crippen molar-refractivity contribution in [1.82, 2.24) is 4.98 Å². The number of nitrogens with one attached hydrogen (secondary N) is 1. The van der Waals surface area contributed by atoms with E-state index in [1.807, 2.05) is 49.4 Å². The summed E-state index contributed by atoms with van der Waals surface area (Å²) in [5, 5.41) is 5.21. The SMILES string of the molecule is CCOc1cc(/C=N/Nc2ccccn2)ccc1OCc1ccc(Cl)c(Cl)c1. The Labute approximate surface area is 173 Å². The summed E-state index contributed by atoms with van der Waals surface area (Å²) in [6, 6.07) is 16.6. The van der Waals surface area contributed by atoms with Gasteiger partial charge in [0.2, 0.25) is 0 Å². The molecule has 144 valence electrons. The third kappa shape index (κ3) is 5.62. The molecule has 0 saturated carbocycles. The molecule has 0 amide bonds. The number of benzene rings is 2. The van der Waals surface area contributed by atoms with Gasteiger partial charge in [0.05, 0.1) is 22.9 Å². The number of hydrogen-bond donors (Lipinski definition) is 1. The molecule has 0 radical (unpaired) electrons. The molecule has 0 fully saturated rings. The highest BCUT2D eigenvalue weighted by atomic mass is 35.5. The van der Waals surface area contributed by atoms with E-state index >= 15 is 0 Å². The lowest BCUT2D eigenvalue weighted by molar-refractivity contribution is 0.269. The van der Waals surface area contributed by atoms with Crippen LogP contribution in [0, 0.1) is 0 Å². The second-order valence-corrected chi connectivity index (χ2v) is 6.58. The van der Waals surface area contributed by atoms with E-state index < -0.39 is 0 Å². The Balaban J connectivity index is 1.68. The van der Waals surface area contributed by atoms with Crippen molar-refractivity contribution in [3.63, 3.8) is 0 Å². The summed E-state index contributed by atoms with van der Waals surface area (Å²) < 4.78 is 11.6. The predicted molar refractivity (Wildman–Crippen MR) is 114 cm³/mol. The van der Waals surface area contributed by atoms with Crippen molar-refractivity contribution >= 4 is 35.2 Å². The van der Waals surface area contributed by atoms with Gasteiger partial charge in [0.25, 0.3) is 0 Å². The second kappa shape index (κ2) is 9.97. The van der Waals surface area contributed by atoms with Gasteiger partial charge in [-0.2, -0.15) is 5.10 Å². The molecule has 1 heterocycles. The van der Waals surface area contributed by atoms with Crippen molar-refractivity contribution in [2.24, 2.45) is 5.10 Å².